The van der Waals surface area contributed by atoms with Gasteiger partial charge in [-0.2, -0.15) is 0 Å². The van der Waals surface area contributed by atoms with E-state index in [1.807, 2.05) is 0 Å². The van der Waals surface area contributed by atoms with Gasteiger partial charge < -0.3 is 19.5 Å². The molecule has 4 rings (SSSR count). The number of carbonyl (C=O) groups is 2. The van der Waals surface area contributed by atoms with Gasteiger partial charge in [0.15, 0.2) is 17.6 Å². The molecule has 1 aliphatic rings. The monoisotopic (exact) mass is 365 g/mol. The van der Waals surface area contributed by atoms with Gasteiger partial charge in [-0.15, -0.1) is 0 Å². The first kappa shape index (κ1) is 16.8. The summed E-state index contributed by atoms with van der Waals surface area (Å²) in [5, 5.41) is 2.69. The van der Waals surface area contributed by atoms with Gasteiger partial charge in [-0.1, -0.05) is 6.07 Å². The van der Waals surface area contributed by atoms with Crippen molar-refractivity contribution in [2.45, 2.75) is 13.0 Å². The molecule has 1 amide bonds. The van der Waals surface area contributed by atoms with E-state index in [2.05, 4.69) is 15.3 Å². The molecule has 136 valence electrons. The maximum atomic E-state index is 12.5. The molecule has 27 heavy (non-hydrogen) atoms. The lowest BCUT2D eigenvalue weighted by Gasteiger charge is -2.14. The molecule has 0 aliphatic carbocycles. The summed E-state index contributed by atoms with van der Waals surface area (Å²) in [5.74, 6) is 0.0549. The number of benzene rings is 2. The van der Waals surface area contributed by atoms with Crippen LogP contribution in [0.2, 0.25) is 0 Å². The van der Waals surface area contributed by atoms with E-state index in [1.54, 1.807) is 42.6 Å². The average Bonchev–Trinajstić information content (AvgIpc) is 3.15. The van der Waals surface area contributed by atoms with Gasteiger partial charge in [-0.05, 0) is 31.2 Å². The largest absolute Gasteiger partial charge is 0.454 e. The van der Waals surface area contributed by atoms with Crippen LogP contribution >= 0.6 is 0 Å². The number of rotatable bonds is 4. The van der Waals surface area contributed by atoms with Crippen molar-refractivity contribution in [3.05, 3.63) is 54.4 Å². The normalized spacial score (nSPS) is 13.2. The number of anilines is 1. The molecule has 1 aliphatic heterocycles. The number of para-hydroxylation sites is 1. The summed E-state index contributed by atoms with van der Waals surface area (Å²) in [6.45, 7) is 1.64. The van der Waals surface area contributed by atoms with Crippen molar-refractivity contribution < 1.29 is 23.8 Å². The van der Waals surface area contributed by atoms with Crippen molar-refractivity contribution in [3.8, 4) is 11.5 Å². The van der Waals surface area contributed by atoms with Crippen LogP contribution in [0.1, 0.15) is 17.3 Å². The SMILES string of the molecule is CC(OC(=O)c1cccc2nccnc12)C(=O)Nc1ccc2c(c1)OCO2. The number of ether oxygens (including phenoxy) is 3. The Labute approximate surface area is 154 Å². The Bertz CT molecular complexity index is 1030. The van der Waals surface area contributed by atoms with E-state index in [0.717, 1.165) is 0 Å². The highest BCUT2D eigenvalue weighted by molar-refractivity contribution is 6.03. The molecule has 1 unspecified atom stereocenters. The summed E-state index contributed by atoms with van der Waals surface area (Å²) >= 11 is 0. The van der Waals surface area contributed by atoms with E-state index in [-0.39, 0.29) is 12.4 Å². The van der Waals surface area contributed by atoms with Crippen molar-refractivity contribution in [2.75, 3.05) is 12.1 Å². The van der Waals surface area contributed by atoms with E-state index in [1.165, 1.54) is 13.1 Å². The third kappa shape index (κ3) is 3.37. The highest BCUT2D eigenvalue weighted by atomic mass is 16.7. The van der Waals surface area contributed by atoms with Crippen molar-refractivity contribution in [2.24, 2.45) is 0 Å². The van der Waals surface area contributed by atoms with E-state index in [4.69, 9.17) is 14.2 Å². The molecule has 0 saturated carbocycles. The zero-order chi connectivity index (χ0) is 18.8. The van der Waals surface area contributed by atoms with E-state index >= 15 is 0 Å². The minimum Gasteiger partial charge on any atom is -0.454 e. The lowest BCUT2D eigenvalue weighted by atomic mass is 10.2. The predicted octanol–water partition coefficient (Wildman–Crippen LogP) is 2.54. The van der Waals surface area contributed by atoms with Gasteiger partial charge >= 0.3 is 5.97 Å². The first-order valence-corrected chi connectivity index (χ1v) is 8.23. The van der Waals surface area contributed by atoms with Gasteiger partial charge in [-0.3, -0.25) is 14.8 Å². The zero-order valence-corrected chi connectivity index (χ0v) is 14.3. The van der Waals surface area contributed by atoms with Crippen LogP contribution in [0.25, 0.3) is 11.0 Å². The van der Waals surface area contributed by atoms with Gasteiger partial charge in [0.2, 0.25) is 6.79 Å². The predicted molar refractivity (Wildman–Crippen MR) is 95.6 cm³/mol. The Morgan fingerprint density at radius 3 is 2.81 bits per heavy atom. The molecule has 1 atom stereocenters. The second-order valence-corrected chi connectivity index (χ2v) is 5.83. The summed E-state index contributed by atoms with van der Waals surface area (Å²) in [7, 11) is 0. The van der Waals surface area contributed by atoms with Gasteiger partial charge in [0.1, 0.15) is 5.52 Å². The fourth-order valence-electron chi connectivity index (χ4n) is 2.65. The molecular formula is C19H15N3O5. The second-order valence-electron chi connectivity index (χ2n) is 5.83. The fraction of sp³-hybridized carbons (Fsp3) is 0.158. The minimum atomic E-state index is -1.00. The summed E-state index contributed by atoms with van der Waals surface area (Å²) in [6.07, 6.45) is 2.03. The van der Waals surface area contributed by atoms with Crippen molar-refractivity contribution in [3.63, 3.8) is 0 Å². The number of amides is 1. The standard InChI is InChI=1S/C19H15N3O5/c1-11(18(23)22-12-5-6-15-16(9-12)26-10-25-15)27-19(24)13-3-2-4-14-17(13)21-8-7-20-14/h2-9,11H,10H2,1H3,(H,22,23). The molecule has 2 heterocycles. The number of fused-ring (bicyclic) bond motifs is 2. The van der Waals surface area contributed by atoms with Crippen LogP contribution in [-0.2, 0) is 9.53 Å². The maximum absolute atomic E-state index is 12.5. The van der Waals surface area contributed by atoms with Crippen LogP contribution < -0.4 is 14.8 Å². The van der Waals surface area contributed by atoms with Crippen LogP contribution in [0, 0.1) is 0 Å². The Kier molecular flexibility index (Phi) is 4.29. The molecule has 1 N–H and O–H groups in total. The molecule has 0 radical (unpaired) electrons. The van der Waals surface area contributed by atoms with Crippen LogP contribution in [0.3, 0.4) is 0 Å². The lowest BCUT2D eigenvalue weighted by Crippen LogP contribution is -2.30. The molecule has 0 saturated heterocycles. The molecule has 8 heteroatoms. The topological polar surface area (TPSA) is 99.6 Å². The van der Waals surface area contributed by atoms with Gasteiger partial charge in [-0.25, -0.2) is 4.79 Å². The second kappa shape index (κ2) is 6.91. The average molecular weight is 365 g/mol. The van der Waals surface area contributed by atoms with Crippen molar-refractivity contribution >= 4 is 28.6 Å². The first-order valence-electron chi connectivity index (χ1n) is 8.23. The highest BCUT2D eigenvalue weighted by Crippen LogP contribution is 2.34. The number of carbonyl (C=O) groups excluding carboxylic acids is 2. The molecule has 0 spiro atoms. The molecule has 0 fully saturated rings. The Balaban J connectivity index is 1.45. The number of aromatic nitrogens is 2. The fourth-order valence-corrected chi connectivity index (χ4v) is 2.65. The van der Waals surface area contributed by atoms with Crippen LogP contribution in [0.15, 0.2) is 48.8 Å². The lowest BCUT2D eigenvalue weighted by molar-refractivity contribution is -0.123. The number of esters is 1. The van der Waals surface area contributed by atoms with Crippen molar-refractivity contribution in [1.29, 1.82) is 0 Å². The smallest absolute Gasteiger partial charge is 0.341 e. The number of hydrogen-bond donors (Lipinski definition) is 1. The Morgan fingerprint density at radius 1 is 1.11 bits per heavy atom. The Hall–Kier alpha value is -3.68. The number of hydrogen-bond acceptors (Lipinski definition) is 7. The molecule has 1 aromatic heterocycles. The third-order valence-electron chi connectivity index (χ3n) is 4.01. The molecule has 2 aromatic carbocycles. The summed E-state index contributed by atoms with van der Waals surface area (Å²) in [5.41, 5.74) is 1.77. The van der Waals surface area contributed by atoms with E-state index in [9.17, 15) is 9.59 Å². The van der Waals surface area contributed by atoms with E-state index in [0.29, 0.717) is 28.2 Å². The summed E-state index contributed by atoms with van der Waals surface area (Å²) < 4.78 is 15.8. The van der Waals surface area contributed by atoms with E-state index < -0.39 is 18.0 Å². The van der Waals surface area contributed by atoms with Crippen molar-refractivity contribution in [1.82, 2.24) is 9.97 Å². The van der Waals surface area contributed by atoms with Crippen LogP contribution in [0.4, 0.5) is 5.69 Å². The van der Waals surface area contributed by atoms with Gasteiger partial charge in [0.05, 0.1) is 11.1 Å². The summed E-state index contributed by atoms with van der Waals surface area (Å²) in [6, 6.07) is 10.0. The summed E-state index contributed by atoms with van der Waals surface area (Å²) in [4.78, 5) is 33.1. The quantitative estimate of drug-likeness (QED) is 0.709. The van der Waals surface area contributed by atoms with Crippen LogP contribution in [-0.4, -0.2) is 34.7 Å². The van der Waals surface area contributed by atoms with Crippen LogP contribution in [0.5, 0.6) is 11.5 Å². The first-order chi connectivity index (χ1) is 13.1. The number of nitrogens with one attached hydrogen (secondary N) is 1. The molecule has 0 bridgehead atoms. The third-order valence-corrected chi connectivity index (χ3v) is 4.01. The molecule has 3 aromatic rings. The van der Waals surface area contributed by atoms with Gasteiger partial charge in [0.25, 0.3) is 5.91 Å². The zero-order valence-electron chi connectivity index (χ0n) is 14.3. The number of nitrogens with zero attached hydrogens (tertiary/aromatic N) is 2. The maximum Gasteiger partial charge on any atom is 0.341 e. The molecule has 8 nitrogen and oxygen atoms in total. The molecular weight excluding hydrogens is 350 g/mol. The highest BCUT2D eigenvalue weighted by Gasteiger charge is 2.22. The van der Waals surface area contributed by atoms with Gasteiger partial charge in [0, 0.05) is 24.1 Å². The minimum absolute atomic E-state index is 0.147. The Morgan fingerprint density at radius 2 is 1.93 bits per heavy atom.